The normalized spacial score (nSPS) is 12.0. The highest BCUT2D eigenvalue weighted by atomic mass is 32.2. The molecule has 1 heterocycles. The molecule has 0 bridgehead atoms. The fourth-order valence-electron chi connectivity index (χ4n) is 2.89. The van der Waals surface area contributed by atoms with Crippen LogP contribution in [0, 0.1) is 20.8 Å². The maximum absolute atomic E-state index is 13.2. The van der Waals surface area contributed by atoms with E-state index in [-0.39, 0.29) is 5.91 Å². The molecule has 1 N–H and O–H groups in total. The second-order valence-corrected chi connectivity index (χ2v) is 7.56. The van der Waals surface area contributed by atoms with Gasteiger partial charge in [0.15, 0.2) is 5.16 Å². The number of benzene rings is 2. The summed E-state index contributed by atoms with van der Waals surface area (Å²) in [6.45, 7) is 8.76. The van der Waals surface area contributed by atoms with Gasteiger partial charge in [-0.25, -0.2) is 0 Å². The van der Waals surface area contributed by atoms with Gasteiger partial charge in [0.1, 0.15) is 11.1 Å². The lowest BCUT2D eigenvalue weighted by Gasteiger charge is -2.18. The van der Waals surface area contributed by atoms with Crippen LogP contribution in [-0.4, -0.2) is 20.7 Å². The van der Waals surface area contributed by atoms with Crippen LogP contribution in [0.4, 0.5) is 5.69 Å². The Hall–Kier alpha value is -2.60. The molecule has 3 aromatic rings. The molecule has 0 fully saturated rings. The lowest BCUT2D eigenvalue weighted by Crippen LogP contribution is -2.20. The van der Waals surface area contributed by atoms with Crippen LogP contribution in [0.15, 0.2) is 53.7 Å². The average Bonchev–Trinajstić information content (AvgIpc) is 3.02. The quantitative estimate of drug-likeness (QED) is 0.630. The Morgan fingerprint density at radius 1 is 1.11 bits per heavy atom. The molecule has 2 aromatic carbocycles. The van der Waals surface area contributed by atoms with E-state index < -0.39 is 5.25 Å². The summed E-state index contributed by atoms with van der Waals surface area (Å²) in [6.07, 6.45) is 0. The third-order valence-electron chi connectivity index (χ3n) is 4.43. The molecule has 27 heavy (non-hydrogen) atoms. The number of hydrogen-bond acceptors (Lipinski definition) is 4. The van der Waals surface area contributed by atoms with Crippen molar-refractivity contribution in [1.29, 1.82) is 0 Å². The molecule has 1 amide bonds. The number of nitrogens with one attached hydrogen (secondary N) is 1. The molecular formula is C21H24N4OS. The summed E-state index contributed by atoms with van der Waals surface area (Å²) < 4.78 is 2.02. The number of thioether (sulfide) groups is 1. The first kappa shape index (κ1) is 19.2. The van der Waals surface area contributed by atoms with Gasteiger partial charge in [-0.05, 0) is 50.5 Å². The number of hydrogen-bond donors (Lipinski definition) is 1. The summed E-state index contributed by atoms with van der Waals surface area (Å²) >= 11 is 1.43. The van der Waals surface area contributed by atoms with Crippen LogP contribution in [0.3, 0.4) is 0 Å². The highest BCUT2D eigenvalue weighted by Gasteiger charge is 2.25. The average molecular weight is 381 g/mol. The minimum atomic E-state index is -0.417. The molecule has 0 aliphatic heterocycles. The number of aryl methyl sites for hydroxylation is 3. The van der Waals surface area contributed by atoms with E-state index >= 15 is 0 Å². The molecule has 1 aromatic heterocycles. The van der Waals surface area contributed by atoms with Crippen molar-refractivity contribution in [3.63, 3.8) is 0 Å². The van der Waals surface area contributed by atoms with Gasteiger partial charge in [0.05, 0.1) is 0 Å². The molecule has 140 valence electrons. The van der Waals surface area contributed by atoms with Gasteiger partial charge in [-0.15, -0.1) is 10.2 Å². The first-order chi connectivity index (χ1) is 13.0. The van der Waals surface area contributed by atoms with Crippen LogP contribution in [0.1, 0.15) is 34.7 Å². The van der Waals surface area contributed by atoms with Crippen molar-refractivity contribution >= 4 is 23.4 Å². The second kappa shape index (κ2) is 8.39. The Bertz CT molecular complexity index is 937. The van der Waals surface area contributed by atoms with E-state index in [0.717, 1.165) is 39.9 Å². The number of aromatic nitrogens is 3. The van der Waals surface area contributed by atoms with Gasteiger partial charge >= 0.3 is 0 Å². The largest absolute Gasteiger partial charge is 0.325 e. The van der Waals surface area contributed by atoms with Gasteiger partial charge in [0.25, 0.3) is 0 Å². The zero-order chi connectivity index (χ0) is 19.4. The number of carbonyl (C=O) groups is 1. The number of rotatable bonds is 6. The van der Waals surface area contributed by atoms with Crippen molar-refractivity contribution in [1.82, 2.24) is 14.8 Å². The molecule has 6 heteroatoms. The Morgan fingerprint density at radius 3 is 2.56 bits per heavy atom. The van der Waals surface area contributed by atoms with E-state index in [1.165, 1.54) is 11.8 Å². The second-order valence-electron chi connectivity index (χ2n) is 6.49. The third kappa shape index (κ3) is 4.39. The number of carbonyl (C=O) groups excluding carboxylic acids is 1. The summed E-state index contributed by atoms with van der Waals surface area (Å²) in [5.41, 5.74) is 3.93. The van der Waals surface area contributed by atoms with Crippen LogP contribution in [-0.2, 0) is 11.3 Å². The van der Waals surface area contributed by atoms with Crippen LogP contribution in [0.25, 0.3) is 0 Å². The lowest BCUT2D eigenvalue weighted by molar-refractivity contribution is -0.115. The highest BCUT2D eigenvalue weighted by Crippen LogP contribution is 2.36. The maximum atomic E-state index is 13.2. The van der Waals surface area contributed by atoms with E-state index in [1.54, 1.807) is 0 Å². The van der Waals surface area contributed by atoms with Gasteiger partial charge in [0, 0.05) is 12.2 Å². The summed E-state index contributed by atoms with van der Waals surface area (Å²) in [5.74, 6) is 0.782. The van der Waals surface area contributed by atoms with E-state index in [9.17, 15) is 4.79 Å². The van der Waals surface area contributed by atoms with Crippen molar-refractivity contribution in [2.24, 2.45) is 0 Å². The molecule has 0 saturated heterocycles. The van der Waals surface area contributed by atoms with Gasteiger partial charge in [0.2, 0.25) is 5.91 Å². The fraction of sp³-hybridized carbons (Fsp3) is 0.286. The van der Waals surface area contributed by atoms with Crippen molar-refractivity contribution < 1.29 is 4.79 Å². The predicted octanol–water partition coefficient (Wildman–Crippen LogP) is 4.70. The summed E-state index contributed by atoms with van der Waals surface area (Å²) in [7, 11) is 0. The fourth-order valence-corrected chi connectivity index (χ4v) is 4.03. The number of anilines is 1. The molecule has 0 radical (unpaired) electrons. The van der Waals surface area contributed by atoms with Crippen molar-refractivity contribution in [3.8, 4) is 0 Å². The molecule has 1 unspecified atom stereocenters. The zero-order valence-corrected chi connectivity index (χ0v) is 16.9. The monoisotopic (exact) mass is 380 g/mol. The molecule has 0 aliphatic carbocycles. The van der Waals surface area contributed by atoms with Crippen molar-refractivity contribution in [2.45, 2.75) is 44.6 Å². The van der Waals surface area contributed by atoms with E-state index in [0.29, 0.717) is 0 Å². The maximum Gasteiger partial charge on any atom is 0.242 e. The lowest BCUT2D eigenvalue weighted by atomic mass is 10.1. The first-order valence-corrected chi connectivity index (χ1v) is 9.87. The van der Waals surface area contributed by atoms with Gasteiger partial charge in [-0.3, -0.25) is 4.79 Å². The minimum Gasteiger partial charge on any atom is -0.325 e. The number of amides is 1. The molecule has 5 nitrogen and oxygen atoms in total. The van der Waals surface area contributed by atoms with Crippen LogP contribution < -0.4 is 5.32 Å². The van der Waals surface area contributed by atoms with Gasteiger partial charge < -0.3 is 9.88 Å². The topological polar surface area (TPSA) is 59.8 Å². The summed E-state index contributed by atoms with van der Waals surface area (Å²) in [4.78, 5) is 13.2. The predicted molar refractivity (Wildman–Crippen MR) is 110 cm³/mol. The first-order valence-electron chi connectivity index (χ1n) is 8.99. The summed E-state index contributed by atoms with van der Waals surface area (Å²) in [5, 5.41) is 11.9. The van der Waals surface area contributed by atoms with Crippen molar-refractivity contribution in [2.75, 3.05) is 5.32 Å². The van der Waals surface area contributed by atoms with Crippen LogP contribution in [0.5, 0.6) is 0 Å². The molecule has 0 saturated carbocycles. The van der Waals surface area contributed by atoms with E-state index in [2.05, 4.69) is 15.5 Å². The molecule has 1 atom stereocenters. The standard InChI is InChI=1S/C21H24N4OS/c1-5-25-16(4)23-24-21(25)27-19(17-9-7-6-8-10-17)20(26)22-18-13-14(2)11-12-15(18)3/h6-13,19H,5H2,1-4H3,(H,22,26). The van der Waals surface area contributed by atoms with Crippen LogP contribution >= 0.6 is 11.8 Å². The zero-order valence-electron chi connectivity index (χ0n) is 16.1. The third-order valence-corrected chi connectivity index (χ3v) is 5.67. The van der Waals surface area contributed by atoms with E-state index in [4.69, 9.17) is 0 Å². The van der Waals surface area contributed by atoms with Crippen LogP contribution in [0.2, 0.25) is 0 Å². The minimum absolute atomic E-state index is 0.0665. The molecule has 3 rings (SSSR count). The van der Waals surface area contributed by atoms with Crippen molar-refractivity contribution in [3.05, 3.63) is 71.0 Å². The van der Waals surface area contributed by atoms with Gasteiger partial charge in [-0.2, -0.15) is 0 Å². The Kier molecular flexibility index (Phi) is 5.96. The Balaban J connectivity index is 1.92. The molecular weight excluding hydrogens is 356 g/mol. The molecule has 0 spiro atoms. The Morgan fingerprint density at radius 2 is 1.85 bits per heavy atom. The molecule has 0 aliphatic rings. The number of nitrogens with zero attached hydrogens (tertiary/aromatic N) is 3. The SMILES string of the molecule is CCn1c(C)nnc1SC(C(=O)Nc1cc(C)ccc1C)c1ccccc1. The smallest absolute Gasteiger partial charge is 0.242 e. The van der Waals surface area contributed by atoms with Gasteiger partial charge in [-0.1, -0.05) is 54.2 Å². The summed E-state index contributed by atoms with van der Waals surface area (Å²) in [6, 6.07) is 15.9. The Labute approximate surface area is 164 Å². The highest BCUT2D eigenvalue weighted by molar-refractivity contribution is 8.00. The van der Waals surface area contributed by atoms with E-state index in [1.807, 2.05) is 80.8 Å².